The van der Waals surface area contributed by atoms with Crippen LogP contribution in [0.4, 0.5) is 10.1 Å². The van der Waals surface area contributed by atoms with Gasteiger partial charge in [-0.1, -0.05) is 0 Å². The molecule has 100 valence electrons. The van der Waals surface area contributed by atoms with E-state index in [9.17, 15) is 4.39 Å². The van der Waals surface area contributed by atoms with Crippen molar-refractivity contribution in [2.24, 2.45) is 5.73 Å². The van der Waals surface area contributed by atoms with Gasteiger partial charge in [-0.25, -0.2) is 4.39 Å². The average molecular weight is 251 g/mol. The first-order valence-electron chi connectivity index (χ1n) is 6.49. The number of nitrogens with two attached hydrogens (primary N) is 1. The van der Waals surface area contributed by atoms with Gasteiger partial charge in [0.05, 0.1) is 0 Å². The van der Waals surface area contributed by atoms with Gasteiger partial charge in [0, 0.05) is 37.4 Å². The highest BCUT2D eigenvalue weighted by molar-refractivity contribution is 5.56. The standard InChI is InChI=1S/C14H22FN3/c1-10-9-17(3)6-7-18(10)14-5-4-12(15)8-13(14)11(2)16/h4-5,8,10-11H,6-7,9,16H2,1-3H3/t10?,11-/m0/s1. The van der Waals surface area contributed by atoms with Crippen molar-refractivity contribution in [3.8, 4) is 0 Å². The Bertz CT molecular complexity index is 420. The number of hydrogen-bond acceptors (Lipinski definition) is 3. The van der Waals surface area contributed by atoms with Crippen molar-refractivity contribution in [3.63, 3.8) is 0 Å². The molecule has 0 bridgehead atoms. The molecule has 1 unspecified atom stereocenters. The van der Waals surface area contributed by atoms with E-state index in [4.69, 9.17) is 5.73 Å². The van der Waals surface area contributed by atoms with Crippen molar-refractivity contribution in [3.05, 3.63) is 29.6 Å². The molecule has 18 heavy (non-hydrogen) atoms. The number of halogens is 1. The van der Waals surface area contributed by atoms with Gasteiger partial charge in [0.1, 0.15) is 5.82 Å². The molecule has 1 saturated heterocycles. The Balaban J connectivity index is 2.32. The lowest BCUT2D eigenvalue weighted by molar-refractivity contribution is 0.275. The molecule has 1 heterocycles. The summed E-state index contributed by atoms with van der Waals surface area (Å²) in [7, 11) is 2.13. The maximum atomic E-state index is 13.4. The van der Waals surface area contributed by atoms with Crippen molar-refractivity contribution in [1.29, 1.82) is 0 Å². The van der Waals surface area contributed by atoms with Crippen molar-refractivity contribution in [2.75, 3.05) is 31.6 Å². The Morgan fingerprint density at radius 2 is 2.11 bits per heavy atom. The monoisotopic (exact) mass is 251 g/mol. The molecule has 0 aliphatic carbocycles. The van der Waals surface area contributed by atoms with Crippen molar-refractivity contribution in [1.82, 2.24) is 4.90 Å². The van der Waals surface area contributed by atoms with Gasteiger partial charge < -0.3 is 15.5 Å². The van der Waals surface area contributed by atoms with Crippen LogP contribution in [-0.4, -0.2) is 37.6 Å². The van der Waals surface area contributed by atoms with Crippen LogP contribution in [0.5, 0.6) is 0 Å². The third kappa shape index (κ3) is 2.65. The minimum absolute atomic E-state index is 0.150. The zero-order chi connectivity index (χ0) is 13.3. The second-order valence-corrected chi connectivity index (χ2v) is 5.30. The highest BCUT2D eigenvalue weighted by Gasteiger charge is 2.24. The summed E-state index contributed by atoms with van der Waals surface area (Å²) in [6, 6.07) is 5.21. The number of likely N-dealkylation sites (N-methyl/N-ethyl adjacent to an activating group) is 1. The van der Waals surface area contributed by atoms with E-state index in [2.05, 4.69) is 23.8 Å². The lowest BCUT2D eigenvalue weighted by Gasteiger charge is -2.41. The van der Waals surface area contributed by atoms with Gasteiger partial charge in [0.15, 0.2) is 0 Å². The second-order valence-electron chi connectivity index (χ2n) is 5.30. The van der Waals surface area contributed by atoms with E-state index in [-0.39, 0.29) is 11.9 Å². The third-order valence-corrected chi connectivity index (χ3v) is 3.62. The topological polar surface area (TPSA) is 32.5 Å². The van der Waals surface area contributed by atoms with E-state index >= 15 is 0 Å². The van der Waals surface area contributed by atoms with E-state index in [0.717, 1.165) is 30.9 Å². The zero-order valence-electron chi connectivity index (χ0n) is 11.4. The van der Waals surface area contributed by atoms with E-state index in [1.165, 1.54) is 6.07 Å². The van der Waals surface area contributed by atoms with E-state index < -0.39 is 0 Å². The largest absolute Gasteiger partial charge is 0.366 e. The van der Waals surface area contributed by atoms with Crippen LogP contribution in [0.15, 0.2) is 18.2 Å². The summed E-state index contributed by atoms with van der Waals surface area (Å²) in [5.41, 5.74) is 7.93. The number of anilines is 1. The minimum atomic E-state index is -0.215. The van der Waals surface area contributed by atoms with Crippen molar-refractivity contribution < 1.29 is 4.39 Å². The van der Waals surface area contributed by atoms with Gasteiger partial charge >= 0.3 is 0 Å². The van der Waals surface area contributed by atoms with Crippen LogP contribution < -0.4 is 10.6 Å². The van der Waals surface area contributed by atoms with Crippen LogP contribution in [0, 0.1) is 5.82 Å². The van der Waals surface area contributed by atoms with E-state index in [1.807, 2.05) is 13.0 Å². The molecule has 2 atom stereocenters. The number of nitrogens with zero attached hydrogens (tertiary/aromatic N) is 2. The molecule has 1 aliphatic heterocycles. The van der Waals surface area contributed by atoms with Crippen LogP contribution in [0.2, 0.25) is 0 Å². The fourth-order valence-electron chi connectivity index (χ4n) is 2.65. The molecule has 2 rings (SSSR count). The molecule has 0 aromatic heterocycles. The van der Waals surface area contributed by atoms with Gasteiger partial charge in [-0.2, -0.15) is 0 Å². The predicted octanol–water partition coefficient (Wildman–Crippen LogP) is 1.99. The van der Waals surface area contributed by atoms with Gasteiger partial charge in [-0.3, -0.25) is 0 Å². The number of hydrogen-bond donors (Lipinski definition) is 1. The molecule has 3 nitrogen and oxygen atoms in total. The summed E-state index contributed by atoms with van der Waals surface area (Å²) >= 11 is 0. The summed E-state index contributed by atoms with van der Waals surface area (Å²) in [6.45, 7) is 7.11. The van der Waals surface area contributed by atoms with Gasteiger partial charge in [0.25, 0.3) is 0 Å². The molecule has 0 saturated carbocycles. The molecule has 1 fully saturated rings. The second kappa shape index (κ2) is 5.24. The highest BCUT2D eigenvalue weighted by atomic mass is 19.1. The van der Waals surface area contributed by atoms with Crippen LogP contribution in [-0.2, 0) is 0 Å². The van der Waals surface area contributed by atoms with Gasteiger partial charge in [-0.05, 0) is 44.7 Å². The summed E-state index contributed by atoms with van der Waals surface area (Å²) in [5, 5.41) is 0. The summed E-state index contributed by atoms with van der Waals surface area (Å²) in [4.78, 5) is 4.65. The van der Waals surface area contributed by atoms with E-state index in [0.29, 0.717) is 6.04 Å². The molecule has 1 aromatic carbocycles. The molecule has 2 N–H and O–H groups in total. The Labute approximate surface area is 108 Å². The first kappa shape index (κ1) is 13.3. The normalized spacial score (nSPS) is 23.2. The summed E-state index contributed by atoms with van der Waals surface area (Å²) < 4.78 is 13.4. The fraction of sp³-hybridized carbons (Fsp3) is 0.571. The lowest BCUT2D eigenvalue weighted by atomic mass is 10.0. The number of benzene rings is 1. The summed E-state index contributed by atoms with van der Waals surface area (Å²) in [6.07, 6.45) is 0. The molecular weight excluding hydrogens is 229 g/mol. The molecule has 0 amide bonds. The first-order valence-corrected chi connectivity index (χ1v) is 6.49. The van der Waals surface area contributed by atoms with Crippen LogP contribution in [0.25, 0.3) is 0 Å². The van der Waals surface area contributed by atoms with Crippen molar-refractivity contribution in [2.45, 2.75) is 25.9 Å². The minimum Gasteiger partial charge on any atom is -0.366 e. The molecular formula is C14H22FN3. The molecule has 1 aliphatic rings. The van der Waals surface area contributed by atoms with Gasteiger partial charge in [-0.15, -0.1) is 0 Å². The average Bonchev–Trinajstić information content (AvgIpc) is 2.29. The quantitative estimate of drug-likeness (QED) is 0.872. The van der Waals surface area contributed by atoms with Crippen molar-refractivity contribution >= 4 is 5.69 Å². The highest BCUT2D eigenvalue weighted by Crippen LogP contribution is 2.29. The number of rotatable bonds is 2. The smallest absolute Gasteiger partial charge is 0.123 e. The SMILES string of the molecule is CC1CN(C)CCN1c1ccc(F)cc1[C@H](C)N. The Morgan fingerprint density at radius 1 is 1.39 bits per heavy atom. The van der Waals surface area contributed by atoms with E-state index in [1.54, 1.807) is 6.07 Å². The maximum Gasteiger partial charge on any atom is 0.123 e. The Kier molecular flexibility index (Phi) is 3.88. The van der Waals surface area contributed by atoms with Crippen LogP contribution in [0.3, 0.4) is 0 Å². The third-order valence-electron chi connectivity index (χ3n) is 3.62. The molecule has 4 heteroatoms. The molecule has 0 radical (unpaired) electrons. The first-order chi connectivity index (χ1) is 8.49. The molecule has 1 aromatic rings. The Hall–Kier alpha value is -1.13. The summed E-state index contributed by atoms with van der Waals surface area (Å²) in [5.74, 6) is -0.215. The van der Waals surface area contributed by atoms with Crippen LogP contribution >= 0.6 is 0 Å². The predicted molar refractivity (Wildman–Crippen MR) is 73.3 cm³/mol. The van der Waals surface area contributed by atoms with Crippen LogP contribution in [0.1, 0.15) is 25.5 Å². The molecule has 0 spiro atoms. The fourth-order valence-corrected chi connectivity index (χ4v) is 2.65. The lowest BCUT2D eigenvalue weighted by Crippen LogP contribution is -2.51. The Morgan fingerprint density at radius 3 is 2.72 bits per heavy atom. The van der Waals surface area contributed by atoms with Gasteiger partial charge in [0.2, 0.25) is 0 Å². The maximum absolute atomic E-state index is 13.4. The zero-order valence-corrected chi connectivity index (χ0v) is 11.4. The number of piperazine rings is 1.